The first-order valence-corrected chi connectivity index (χ1v) is 8.73. The molecule has 0 aliphatic rings. The standard InChI is InChI=1S/C14H13F3O4S2/c1-8(23(18,19)20)12-11(7-22-13(12)14(15,16)17)9-3-5-10(21-2)6-4-9/h3-8H,1-2H3,(H,18,19,20). The Labute approximate surface area is 135 Å². The minimum atomic E-state index is -4.70. The van der Waals surface area contributed by atoms with E-state index in [0.29, 0.717) is 22.6 Å². The van der Waals surface area contributed by atoms with Crippen molar-refractivity contribution in [1.82, 2.24) is 0 Å². The van der Waals surface area contributed by atoms with Gasteiger partial charge in [0, 0.05) is 5.56 Å². The lowest BCUT2D eigenvalue weighted by Gasteiger charge is -2.15. The van der Waals surface area contributed by atoms with Crippen molar-refractivity contribution in [2.24, 2.45) is 0 Å². The van der Waals surface area contributed by atoms with Crippen molar-refractivity contribution in [3.8, 4) is 16.9 Å². The lowest BCUT2D eigenvalue weighted by molar-refractivity contribution is -0.134. The average Bonchev–Trinajstić information content (AvgIpc) is 2.90. The Bertz CT molecular complexity index is 792. The molecule has 2 aromatic rings. The zero-order chi connectivity index (χ0) is 17.4. The molecule has 1 unspecified atom stereocenters. The third-order valence-electron chi connectivity index (χ3n) is 3.34. The summed E-state index contributed by atoms with van der Waals surface area (Å²) in [4.78, 5) is -1.03. The van der Waals surface area contributed by atoms with Gasteiger partial charge in [-0.1, -0.05) is 12.1 Å². The van der Waals surface area contributed by atoms with Crippen molar-refractivity contribution < 1.29 is 30.9 Å². The van der Waals surface area contributed by atoms with Crippen molar-refractivity contribution in [1.29, 1.82) is 0 Å². The van der Waals surface area contributed by atoms with Gasteiger partial charge in [-0.2, -0.15) is 21.6 Å². The first-order chi connectivity index (χ1) is 10.6. The maximum Gasteiger partial charge on any atom is 0.425 e. The molecule has 0 fully saturated rings. The summed E-state index contributed by atoms with van der Waals surface area (Å²) >= 11 is 0.401. The summed E-state index contributed by atoms with van der Waals surface area (Å²) in [6.07, 6.45) is -4.70. The number of methoxy groups -OCH3 is 1. The Hall–Kier alpha value is -1.58. The monoisotopic (exact) mass is 366 g/mol. The molecule has 0 saturated carbocycles. The number of hydrogen-bond donors (Lipinski definition) is 1. The lowest BCUT2D eigenvalue weighted by Crippen LogP contribution is -2.14. The van der Waals surface area contributed by atoms with Crippen LogP contribution in [0.1, 0.15) is 22.6 Å². The van der Waals surface area contributed by atoms with Crippen LogP contribution in [0.15, 0.2) is 29.6 Å². The number of alkyl halides is 3. The number of hydrogen-bond acceptors (Lipinski definition) is 4. The van der Waals surface area contributed by atoms with Crippen LogP contribution in [0.3, 0.4) is 0 Å². The molecular weight excluding hydrogens is 353 g/mol. The van der Waals surface area contributed by atoms with Crippen molar-refractivity contribution in [3.63, 3.8) is 0 Å². The van der Waals surface area contributed by atoms with E-state index in [1.165, 1.54) is 24.6 Å². The summed E-state index contributed by atoms with van der Waals surface area (Å²) in [6, 6.07) is 6.17. The molecule has 4 nitrogen and oxygen atoms in total. The first kappa shape index (κ1) is 17.8. The summed E-state index contributed by atoms with van der Waals surface area (Å²) in [7, 11) is -3.22. The van der Waals surface area contributed by atoms with Gasteiger partial charge in [-0.15, -0.1) is 11.3 Å². The van der Waals surface area contributed by atoms with Gasteiger partial charge in [0.05, 0.1) is 7.11 Å². The zero-order valence-corrected chi connectivity index (χ0v) is 13.7. The van der Waals surface area contributed by atoms with Crippen LogP contribution in [0.25, 0.3) is 11.1 Å². The van der Waals surface area contributed by atoms with E-state index in [1.54, 1.807) is 12.1 Å². The minimum Gasteiger partial charge on any atom is -0.497 e. The van der Waals surface area contributed by atoms with E-state index in [4.69, 9.17) is 4.74 Å². The topological polar surface area (TPSA) is 63.6 Å². The molecule has 0 aliphatic carbocycles. The second-order valence-electron chi connectivity index (χ2n) is 4.78. The van der Waals surface area contributed by atoms with Gasteiger partial charge in [-0.05, 0) is 35.6 Å². The van der Waals surface area contributed by atoms with E-state index < -0.39 is 32.0 Å². The molecule has 0 bridgehead atoms. The Morgan fingerprint density at radius 3 is 2.22 bits per heavy atom. The zero-order valence-electron chi connectivity index (χ0n) is 12.1. The highest BCUT2D eigenvalue weighted by atomic mass is 32.2. The van der Waals surface area contributed by atoms with E-state index in [0.717, 1.165) is 6.92 Å². The van der Waals surface area contributed by atoms with Gasteiger partial charge in [0.2, 0.25) is 0 Å². The van der Waals surface area contributed by atoms with Gasteiger partial charge in [0.25, 0.3) is 10.1 Å². The van der Waals surface area contributed by atoms with Crippen molar-refractivity contribution in [2.45, 2.75) is 18.3 Å². The van der Waals surface area contributed by atoms with Crippen LogP contribution < -0.4 is 4.74 Å². The third-order valence-corrected chi connectivity index (χ3v) is 5.51. The van der Waals surface area contributed by atoms with Crippen molar-refractivity contribution in [2.75, 3.05) is 7.11 Å². The Balaban J connectivity index is 2.66. The number of benzene rings is 1. The molecule has 2 rings (SSSR count). The quantitative estimate of drug-likeness (QED) is 0.815. The molecule has 126 valence electrons. The van der Waals surface area contributed by atoms with Crippen molar-refractivity contribution in [3.05, 3.63) is 40.1 Å². The Kier molecular flexibility index (Phi) is 4.74. The molecule has 1 atom stereocenters. The summed E-state index contributed by atoms with van der Waals surface area (Å²) in [6.45, 7) is 1.03. The van der Waals surface area contributed by atoms with E-state index in [9.17, 15) is 26.1 Å². The van der Waals surface area contributed by atoms with E-state index in [2.05, 4.69) is 0 Å². The molecular formula is C14H13F3O4S2. The molecule has 0 amide bonds. The Morgan fingerprint density at radius 2 is 1.78 bits per heavy atom. The molecule has 1 heterocycles. The van der Waals surface area contributed by atoms with E-state index in [1.807, 2.05) is 0 Å². The van der Waals surface area contributed by atoms with E-state index >= 15 is 0 Å². The largest absolute Gasteiger partial charge is 0.497 e. The fourth-order valence-corrected chi connectivity index (χ4v) is 3.80. The third kappa shape index (κ3) is 3.67. The van der Waals surface area contributed by atoms with Crippen LogP contribution >= 0.6 is 11.3 Å². The van der Waals surface area contributed by atoms with Gasteiger partial charge in [0.15, 0.2) is 0 Å². The summed E-state index contributed by atoms with van der Waals surface area (Å²) in [5.41, 5.74) is 0.0771. The molecule has 0 spiro atoms. The van der Waals surface area contributed by atoms with Crippen LogP contribution in [-0.4, -0.2) is 20.1 Å². The number of ether oxygens (including phenoxy) is 1. The maximum atomic E-state index is 13.2. The highest BCUT2D eigenvalue weighted by molar-refractivity contribution is 7.86. The predicted octanol–water partition coefficient (Wildman–Crippen LogP) is 4.39. The predicted molar refractivity (Wildman–Crippen MR) is 81.3 cm³/mol. The van der Waals surface area contributed by atoms with Gasteiger partial charge in [0.1, 0.15) is 15.9 Å². The van der Waals surface area contributed by atoms with Crippen molar-refractivity contribution >= 4 is 21.5 Å². The van der Waals surface area contributed by atoms with Crippen LogP contribution in [0.2, 0.25) is 0 Å². The number of halogens is 3. The second kappa shape index (κ2) is 6.14. The molecule has 1 N–H and O–H groups in total. The molecule has 9 heteroatoms. The molecule has 1 aromatic heterocycles. The first-order valence-electron chi connectivity index (χ1n) is 6.35. The SMILES string of the molecule is COc1ccc(-c2csc(C(F)(F)F)c2C(C)S(=O)(=O)O)cc1. The van der Waals surface area contributed by atoms with Crippen LogP contribution in [0, 0.1) is 0 Å². The fraction of sp³-hybridized carbons (Fsp3) is 0.286. The molecule has 1 aromatic carbocycles. The molecule has 0 saturated heterocycles. The molecule has 0 aliphatic heterocycles. The van der Waals surface area contributed by atoms with Gasteiger partial charge in [-0.25, -0.2) is 0 Å². The lowest BCUT2D eigenvalue weighted by atomic mass is 10.0. The fourth-order valence-electron chi connectivity index (χ4n) is 2.13. The van der Waals surface area contributed by atoms with Crippen LogP contribution in [0.4, 0.5) is 13.2 Å². The second-order valence-corrected chi connectivity index (χ2v) is 7.39. The van der Waals surface area contributed by atoms with Gasteiger partial charge in [-0.3, -0.25) is 4.55 Å². The Morgan fingerprint density at radius 1 is 1.22 bits per heavy atom. The average molecular weight is 366 g/mol. The summed E-state index contributed by atoms with van der Waals surface area (Å²) in [5, 5.41) is -0.454. The highest BCUT2D eigenvalue weighted by Crippen LogP contribution is 2.46. The van der Waals surface area contributed by atoms with Crippen LogP contribution in [-0.2, 0) is 16.3 Å². The maximum absolute atomic E-state index is 13.2. The summed E-state index contributed by atoms with van der Waals surface area (Å²) in [5.74, 6) is 0.518. The van der Waals surface area contributed by atoms with Crippen LogP contribution in [0.5, 0.6) is 5.75 Å². The number of thiophene rings is 1. The normalized spacial score (nSPS) is 13.8. The summed E-state index contributed by atoms with van der Waals surface area (Å²) < 4.78 is 76.4. The highest BCUT2D eigenvalue weighted by Gasteiger charge is 2.40. The molecule has 23 heavy (non-hydrogen) atoms. The van der Waals surface area contributed by atoms with E-state index in [-0.39, 0.29) is 5.56 Å². The van der Waals surface area contributed by atoms with Gasteiger partial charge < -0.3 is 4.74 Å². The number of rotatable bonds is 4. The smallest absolute Gasteiger partial charge is 0.425 e. The minimum absolute atomic E-state index is 0.120. The van der Waals surface area contributed by atoms with Gasteiger partial charge >= 0.3 is 6.18 Å². The molecule has 0 radical (unpaired) electrons.